The average Bonchev–Trinajstić information content (AvgIpc) is 2.65. The maximum Gasteiger partial charge on any atom is 0.288 e. The van der Waals surface area contributed by atoms with Gasteiger partial charge in [-0.05, 0) is 43.7 Å². The Labute approximate surface area is 168 Å². The van der Waals surface area contributed by atoms with Gasteiger partial charge in [0.05, 0.1) is 9.82 Å². The van der Waals surface area contributed by atoms with Gasteiger partial charge < -0.3 is 5.32 Å². The number of carbonyl (C=O) groups is 1. The van der Waals surface area contributed by atoms with E-state index in [9.17, 15) is 23.3 Å². The molecule has 2 aromatic carbocycles. The van der Waals surface area contributed by atoms with Crippen LogP contribution in [-0.4, -0.2) is 36.6 Å². The van der Waals surface area contributed by atoms with E-state index >= 15 is 0 Å². The molecule has 28 heavy (non-hydrogen) atoms. The van der Waals surface area contributed by atoms with Crippen molar-refractivity contribution in [1.82, 2.24) is 9.62 Å². The molecule has 0 aliphatic carbocycles. The number of nitro groups is 1. The molecule has 10 heteroatoms. The summed E-state index contributed by atoms with van der Waals surface area (Å²) in [6.45, 7) is 3.70. The highest BCUT2D eigenvalue weighted by atomic mass is 35.5. The standard InChI is InChI=1S/C18H20ClN3O5S/c1-12(2)21(3)28(26,27)15-7-4-13(5-8-15)11-20-18(23)14-6-9-16(19)17(10-14)22(24)25/h4-10,12H,11H2,1-3H3,(H,20,23). The number of hydrogen-bond donors (Lipinski definition) is 1. The van der Waals surface area contributed by atoms with Gasteiger partial charge in [0.25, 0.3) is 11.6 Å². The van der Waals surface area contributed by atoms with Crippen LogP contribution in [0.1, 0.15) is 29.8 Å². The molecule has 0 saturated heterocycles. The van der Waals surface area contributed by atoms with Crippen molar-refractivity contribution < 1.29 is 18.1 Å². The molecule has 1 amide bonds. The van der Waals surface area contributed by atoms with E-state index in [-0.39, 0.29) is 33.8 Å². The fraction of sp³-hybridized carbons (Fsp3) is 0.278. The topological polar surface area (TPSA) is 110 Å². The SMILES string of the molecule is CC(C)N(C)S(=O)(=O)c1ccc(CNC(=O)c2ccc(Cl)c([N+](=O)[O-])c2)cc1. The normalized spacial score (nSPS) is 11.6. The first kappa shape index (κ1) is 21.8. The Morgan fingerprint density at radius 2 is 1.82 bits per heavy atom. The number of nitrogens with zero attached hydrogens (tertiary/aromatic N) is 2. The molecule has 8 nitrogen and oxygen atoms in total. The summed E-state index contributed by atoms with van der Waals surface area (Å²) in [5.41, 5.74) is 0.440. The van der Waals surface area contributed by atoms with Crippen LogP contribution in [0.5, 0.6) is 0 Å². The number of benzene rings is 2. The van der Waals surface area contributed by atoms with E-state index < -0.39 is 20.9 Å². The van der Waals surface area contributed by atoms with Crippen molar-refractivity contribution >= 4 is 33.2 Å². The van der Waals surface area contributed by atoms with E-state index in [0.717, 1.165) is 6.07 Å². The fourth-order valence-electron chi connectivity index (χ4n) is 2.30. The number of sulfonamides is 1. The molecule has 0 saturated carbocycles. The molecule has 0 aliphatic heterocycles. The van der Waals surface area contributed by atoms with E-state index in [1.165, 1.54) is 35.6 Å². The third-order valence-corrected chi connectivity index (χ3v) is 6.55. The molecule has 0 atom stereocenters. The zero-order chi connectivity index (χ0) is 21.1. The zero-order valence-electron chi connectivity index (χ0n) is 15.5. The molecule has 150 valence electrons. The van der Waals surface area contributed by atoms with Gasteiger partial charge in [0.15, 0.2) is 0 Å². The lowest BCUT2D eigenvalue weighted by atomic mass is 10.1. The van der Waals surface area contributed by atoms with Gasteiger partial charge in [-0.25, -0.2) is 8.42 Å². The molecule has 0 aliphatic rings. The Hall–Kier alpha value is -2.49. The molecule has 0 bridgehead atoms. The number of nitro benzene ring substituents is 1. The average molecular weight is 426 g/mol. The van der Waals surface area contributed by atoms with Crippen LogP contribution in [0.2, 0.25) is 5.02 Å². The van der Waals surface area contributed by atoms with Crippen LogP contribution in [0, 0.1) is 10.1 Å². The summed E-state index contributed by atoms with van der Waals surface area (Å²) in [6.07, 6.45) is 0. The van der Waals surface area contributed by atoms with E-state index in [1.807, 2.05) is 0 Å². The molecule has 0 fully saturated rings. The minimum atomic E-state index is -3.58. The minimum Gasteiger partial charge on any atom is -0.348 e. The van der Waals surface area contributed by atoms with Crippen LogP contribution in [0.15, 0.2) is 47.4 Å². The lowest BCUT2D eigenvalue weighted by Gasteiger charge is -2.21. The number of hydrogen-bond acceptors (Lipinski definition) is 5. The third-order valence-electron chi connectivity index (χ3n) is 4.19. The summed E-state index contributed by atoms with van der Waals surface area (Å²) in [7, 11) is -2.06. The number of halogens is 1. The molecule has 0 aromatic heterocycles. The maximum absolute atomic E-state index is 12.4. The zero-order valence-corrected chi connectivity index (χ0v) is 17.1. The Kier molecular flexibility index (Phi) is 6.76. The molecule has 0 spiro atoms. The highest BCUT2D eigenvalue weighted by Crippen LogP contribution is 2.25. The highest BCUT2D eigenvalue weighted by molar-refractivity contribution is 7.89. The van der Waals surface area contributed by atoms with Gasteiger partial charge in [0.1, 0.15) is 5.02 Å². The van der Waals surface area contributed by atoms with Gasteiger partial charge in [0, 0.05) is 31.3 Å². The summed E-state index contributed by atoms with van der Waals surface area (Å²) in [6, 6.07) is 9.77. The Morgan fingerprint density at radius 3 is 2.36 bits per heavy atom. The van der Waals surface area contributed by atoms with Crippen LogP contribution in [0.3, 0.4) is 0 Å². The van der Waals surface area contributed by atoms with E-state index in [1.54, 1.807) is 26.0 Å². The second-order valence-corrected chi connectivity index (χ2v) is 8.77. The monoisotopic (exact) mass is 425 g/mol. The molecule has 2 rings (SSSR count). The maximum atomic E-state index is 12.4. The number of amides is 1. The summed E-state index contributed by atoms with van der Waals surface area (Å²) < 4.78 is 26.2. The van der Waals surface area contributed by atoms with Gasteiger partial charge in [-0.3, -0.25) is 14.9 Å². The second kappa shape index (κ2) is 8.68. The fourth-order valence-corrected chi connectivity index (χ4v) is 3.86. The lowest BCUT2D eigenvalue weighted by Crippen LogP contribution is -2.33. The van der Waals surface area contributed by atoms with Crippen molar-refractivity contribution in [2.24, 2.45) is 0 Å². The molecule has 0 radical (unpaired) electrons. The Bertz CT molecular complexity index is 991. The van der Waals surface area contributed by atoms with Crippen LogP contribution in [-0.2, 0) is 16.6 Å². The number of rotatable bonds is 7. The van der Waals surface area contributed by atoms with Crippen molar-refractivity contribution in [3.8, 4) is 0 Å². The van der Waals surface area contributed by atoms with Crippen molar-refractivity contribution in [2.75, 3.05) is 7.05 Å². The van der Waals surface area contributed by atoms with Gasteiger partial charge in [-0.1, -0.05) is 23.7 Å². The molecular formula is C18H20ClN3O5S. The summed E-state index contributed by atoms with van der Waals surface area (Å²) in [4.78, 5) is 22.6. The van der Waals surface area contributed by atoms with E-state index in [4.69, 9.17) is 11.6 Å². The lowest BCUT2D eigenvalue weighted by molar-refractivity contribution is -0.384. The molecule has 2 aromatic rings. The molecule has 0 unspecified atom stereocenters. The second-order valence-electron chi connectivity index (χ2n) is 6.36. The number of carbonyl (C=O) groups excluding carboxylic acids is 1. The first-order valence-electron chi connectivity index (χ1n) is 8.33. The van der Waals surface area contributed by atoms with Crippen LogP contribution < -0.4 is 5.32 Å². The largest absolute Gasteiger partial charge is 0.348 e. The van der Waals surface area contributed by atoms with Crippen LogP contribution >= 0.6 is 11.6 Å². The van der Waals surface area contributed by atoms with Crippen molar-refractivity contribution in [2.45, 2.75) is 31.3 Å². The van der Waals surface area contributed by atoms with Crippen molar-refractivity contribution in [1.29, 1.82) is 0 Å². The predicted molar refractivity (Wildman–Crippen MR) is 106 cm³/mol. The third kappa shape index (κ3) is 4.86. The van der Waals surface area contributed by atoms with Crippen LogP contribution in [0.4, 0.5) is 5.69 Å². The summed E-state index contributed by atoms with van der Waals surface area (Å²) in [5.74, 6) is -0.504. The Balaban J connectivity index is 2.09. The van der Waals surface area contributed by atoms with Gasteiger partial charge in [-0.2, -0.15) is 4.31 Å². The quantitative estimate of drug-likeness (QED) is 0.541. The minimum absolute atomic E-state index is 0.0512. The number of nitrogens with one attached hydrogen (secondary N) is 1. The van der Waals surface area contributed by atoms with E-state index in [2.05, 4.69) is 5.32 Å². The van der Waals surface area contributed by atoms with Crippen LogP contribution in [0.25, 0.3) is 0 Å². The first-order chi connectivity index (χ1) is 13.0. The predicted octanol–water partition coefficient (Wildman–Crippen LogP) is 3.21. The van der Waals surface area contributed by atoms with Crippen molar-refractivity contribution in [3.05, 3.63) is 68.7 Å². The van der Waals surface area contributed by atoms with E-state index in [0.29, 0.717) is 5.56 Å². The van der Waals surface area contributed by atoms with Gasteiger partial charge >= 0.3 is 0 Å². The van der Waals surface area contributed by atoms with Gasteiger partial charge in [0.2, 0.25) is 10.0 Å². The molecule has 1 N–H and O–H groups in total. The first-order valence-corrected chi connectivity index (χ1v) is 10.1. The molecular weight excluding hydrogens is 406 g/mol. The summed E-state index contributed by atoms with van der Waals surface area (Å²) in [5, 5.41) is 13.5. The van der Waals surface area contributed by atoms with Gasteiger partial charge in [-0.15, -0.1) is 0 Å². The molecule has 0 heterocycles. The van der Waals surface area contributed by atoms with Crippen molar-refractivity contribution in [3.63, 3.8) is 0 Å². The smallest absolute Gasteiger partial charge is 0.288 e. The Morgan fingerprint density at radius 1 is 1.21 bits per heavy atom. The summed E-state index contributed by atoms with van der Waals surface area (Å²) >= 11 is 5.74. The highest BCUT2D eigenvalue weighted by Gasteiger charge is 2.22.